The zero-order valence-electron chi connectivity index (χ0n) is 20.7. The summed E-state index contributed by atoms with van der Waals surface area (Å²) in [4.78, 5) is 0. The maximum absolute atomic E-state index is 6.14. The van der Waals surface area contributed by atoms with Crippen molar-refractivity contribution in [3.63, 3.8) is 0 Å². The van der Waals surface area contributed by atoms with Crippen molar-refractivity contribution in [2.75, 3.05) is 20.3 Å². The molecule has 1 aliphatic carbocycles. The molecule has 3 unspecified atom stereocenters. The average Bonchev–Trinajstić information content (AvgIpc) is 2.87. The molecule has 33 heavy (non-hydrogen) atoms. The summed E-state index contributed by atoms with van der Waals surface area (Å²) in [5.74, 6) is 2.25. The Bertz CT molecular complexity index is 716. The molecular weight excluding hydrogens is 412 g/mol. The van der Waals surface area contributed by atoms with Gasteiger partial charge in [-0.1, -0.05) is 76.2 Å². The van der Waals surface area contributed by atoms with E-state index in [-0.39, 0.29) is 12.5 Å². The van der Waals surface area contributed by atoms with Crippen LogP contribution in [0.3, 0.4) is 0 Å². The van der Waals surface area contributed by atoms with Gasteiger partial charge in [-0.3, -0.25) is 5.32 Å². The summed E-state index contributed by atoms with van der Waals surface area (Å²) in [7, 11) is 1.73. The maximum Gasteiger partial charge on any atom is 0.202 e. The van der Waals surface area contributed by atoms with Crippen LogP contribution in [0.15, 0.2) is 48.4 Å². The van der Waals surface area contributed by atoms with Gasteiger partial charge in [-0.15, -0.1) is 0 Å². The van der Waals surface area contributed by atoms with E-state index >= 15 is 0 Å². The molecule has 1 aromatic rings. The van der Waals surface area contributed by atoms with Crippen LogP contribution in [0, 0.1) is 5.92 Å². The molecule has 0 fully saturated rings. The van der Waals surface area contributed by atoms with Crippen LogP contribution in [0.2, 0.25) is 0 Å². The standard InChI is InChI=1S/C28H44N2O3/c1-3-4-5-6-7-8-9-13-20-32-25-18-16-23(17-19-25)27-29-21-26(22-30-27)33-28(31-2)24-14-11-10-12-15-24/h10-11,16-19,21,24,27-30H,3-9,12-15,20,22H2,1-2H3. The Kier molecular flexibility index (Phi) is 11.7. The molecule has 2 N–H and O–H groups in total. The molecular formula is C28H44N2O3. The van der Waals surface area contributed by atoms with Crippen LogP contribution in [0.1, 0.15) is 89.3 Å². The highest BCUT2D eigenvalue weighted by Crippen LogP contribution is 2.26. The van der Waals surface area contributed by atoms with Crippen molar-refractivity contribution in [3.05, 3.63) is 53.9 Å². The van der Waals surface area contributed by atoms with Crippen molar-refractivity contribution in [1.82, 2.24) is 10.6 Å². The fourth-order valence-electron chi connectivity index (χ4n) is 4.51. The van der Waals surface area contributed by atoms with E-state index in [2.05, 4.69) is 54.0 Å². The SMILES string of the molecule is CCCCCCCCCCOc1ccc(C2NC=C(OC(OC)C3CC=CCC3)CN2)cc1. The molecule has 5 heteroatoms. The molecule has 0 amide bonds. The lowest BCUT2D eigenvalue weighted by atomic mass is 9.94. The maximum atomic E-state index is 6.14. The van der Waals surface area contributed by atoms with E-state index in [1.54, 1.807) is 7.11 Å². The predicted molar refractivity (Wildman–Crippen MR) is 135 cm³/mol. The summed E-state index contributed by atoms with van der Waals surface area (Å²) >= 11 is 0. The minimum absolute atomic E-state index is 0.0673. The fraction of sp³-hybridized carbons (Fsp3) is 0.643. The number of hydrogen-bond acceptors (Lipinski definition) is 5. The van der Waals surface area contributed by atoms with Gasteiger partial charge in [0.1, 0.15) is 17.7 Å². The van der Waals surface area contributed by atoms with Crippen LogP contribution < -0.4 is 15.4 Å². The molecule has 1 aromatic carbocycles. The van der Waals surface area contributed by atoms with Gasteiger partial charge in [0.25, 0.3) is 0 Å². The Labute approximate surface area is 201 Å². The quantitative estimate of drug-likeness (QED) is 0.177. The Morgan fingerprint density at radius 3 is 2.36 bits per heavy atom. The third kappa shape index (κ3) is 9.05. The average molecular weight is 457 g/mol. The van der Waals surface area contributed by atoms with Crippen LogP contribution in [0.5, 0.6) is 5.75 Å². The van der Waals surface area contributed by atoms with Gasteiger partial charge in [0.05, 0.1) is 13.2 Å². The van der Waals surface area contributed by atoms with Crippen molar-refractivity contribution in [3.8, 4) is 5.75 Å². The minimum atomic E-state index is -0.196. The van der Waals surface area contributed by atoms with Gasteiger partial charge in [-0.05, 0) is 43.4 Å². The molecule has 0 radical (unpaired) electrons. The van der Waals surface area contributed by atoms with E-state index in [4.69, 9.17) is 14.2 Å². The molecule has 1 aliphatic heterocycles. The number of rotatable bonds is 15. The van der Waals surface area contributed by atoms with Crippen LogP contribution in [0.25, 0.3) is 0 Å². The lowest BCUT2D eigenvalue weighted by Crippen LogP contribution is -2.39. The number of allylic oxidation sites excluding steroid dienone is 2. The van der Waals surface area contributed by atoms with Crippen molar-refractivity contribution in [2.45, 2.75) is 90.0 Å². The molecule has 0 saturated heterocycles. The molecule has 1 heterocycles. The van der Waals surface area contributed by atoms with Crippen molar-refractivity contribution < 1.29 is 14.2 Å². The van der Waals surface area contributed by atoms with Gasteiger partial charge in [-0.2, -0.15) is 0 Å². The topological polar surface area (TPSA) is 51.8 Å². The van der Waals surface area contributed by atoms with Crippen molar-refractivity contribution >= 4 is 0 Å². The molecule has 5 nitrogen and oxygen atoms in total. The summed E-state index contributed by atoms with van der Waals surface area (Å²) in [5.41, 5.74) is 1.19. The summed E-state index contributed by atoms with van der Waals surface area (Å²) < 4.78 is 17.7. The molecule has 0 spiro atoms. The summed E-state index contributed by atoms with van der Waals surface area (Å²) in [5, 5.41) is 6.92. The minimum Gasteiger partial charge on any atom is -0.494 e. The first-order valence-electron chi connectivity index (χ1n) is 13.1. The number of unbranched alkanes of at least 4 members (excludes halogenated alkanes) is 7. The van der Waals surface area contributed by atoms with E-state index in [1.165, 1.54) is 50.5 Å². The van der Waals surface area contributed by atoms with Gasteiger partial charge < -0.3 is 19.5 Å². The highest BCUT2D eigenvalue weighted by molar-refractivity contribution is 5.29. The Morgan fingerprint density at radius 2 is 1.73 bits per heavy atom. The lowest BCUT2D eigenvalue weighted by Gasteiger charge is -2.31. The highest BCUT2D eigenvalue weighted by Gasteiger charge is 2.25. The molecule has 2 aliphatic rings. The summed E-state index contributed by atoms with van der Waals surface area (Å²) in [6.45, 7) is 3.74. The third-order valence-corrected chi connectivity index (χ3v) is 6.57. The second-order valence-electron chi connectivity index (χ2n) is 9.25. The zero-order chi connectivity index (χ0) is 23.1. The van der Waals surface area contributed by atoms with E-state index in [0.29, 0.717) is 12.5 Å². The van der Waals surface area contributed by atoms with Crippen LogP contribution in [-0.2, 0) is 9.47 Å². The second kappa shape index (κ2) is 15.0. The highest BCUT2D eigenvalue weighted by atomic mass is 16.7. The van der Waals surface area contributed by atoms with E-state index in [0.717, 1.165) is 43.8 Å². The third-order valence-electron chi connectivity index (χ3n) is 6.57. The predicted octanol–water partition coefficient (Wildman–Crippen LogP) is 6.58. The first-order chi connectivity index (χ1) is 16.3. The Morgan fingerprint density at radius 1 is 0.970 bits per heavy atom. The molecule has 184 valence electrons. The number of benzene rings is 1. The van der Waals surface area contributed by atoms with Gasteiger partial charge in [-0.25, -0.2) is 0 Å². The second-order valence-corrected chi connectivity index (χ2v) is 9.25. The molecule has 0 bridgehead atoms. The van der Waals surface area contributed by atoms with Gasteiger partial charge in [0.15, 0.2) is 0 Å². The smallest absolute Gasteiger partial charge is 0.202 e. The van der Waals surface area contributed by atoms with Crippen molar-refractivity contribution in [2.24, 2.45) is 5.92 Å². The molecule has 3 rings (SSSR count). The van der Waals surface area contributed by atoms with Crippen molar-refractivity contribution in [1.29, 1.82) is 0 Å². The Hall–Kier alpha value is -1.98. The van der Waals surface area contributed by atoms with Crippen LogP contribution in [0.4, 0.5) is 0 Å². The van der Waals surface area contributed by atoms with E-state index < -0.39 is 0 Å². The monoisotopic (exact) mass is 456 g/mol. The first kappa shape index (κ1) is 25.6. The molecule has 3 atom stereocenters. The van der Waals surface area contributed by atoms with Gasteiger partial charge in [0.2, 0.25) is 6.29 Å². The number of nitrogens with one attached hydrogen (secondary N) is 2. The lowest BCUT2D eigenvalue weighted by molar-refractivity contribution is -0.133. The van der Waals surface area contributed by atoms with Crippen LogP contribution >= 0.6 is 0 Å². The Balaban J connectivity index is 1.34. The van der Waals surface area contributed by atoms with Gasteiger partial charge in [0, 0.05) is 19.2 Å². The number of hydrogen-bond donors (Lipinski definition) is 2. The van der Waals surface area contributed by atoms with Crippen LogP contribution in [-0.4, -0.2) is 26.6 Å². The van der Waals surface area contributed by atoms with Gasteiger partial charge >= 0.3 is 0 Å². The summed E-state index contributed by atoms with van der Waals surface area (Å²) in [6, 6.07) is 8.38. The number of ether oxygens (including phenoxy) is 3. The first-order valence-corrected chi connectivity index (χ1v) is 13.1. The molecule has 0 aromatic heterocycles. The van der Waals surface area contributed by atoms with E-state index in [1.807, 2.05) is 6.20 Å². The molecule has 0 saturated carbocycles. The van der Waals surface area contributed by atoms with E-state index in [9.17, 15) is 0 Å². The zero-order valence-corrected chi connectivity index (χ0v) is 20.7. The normalized spacial score (nSPS) is 21.2. The largest absolute Gasteiger partial charge is 0.494 e. The summed E-state index contributed by atoms with van der Waals surface area (Å²) in [6.07, 6.45) is 20.1. The fourth-order valence-corrected chi connectivity index (χ4v) is 4.51. The number of methoxy groups -OCH3 is 1.